The van der Waals surface area contributed by atoms with Crippen LogP contribution in [0.5, 0.6) is 5.75 Å². The molecule has 1 aromatic carbocycles. The SMILES string of the molecule is CC(=O)c1ccc(O[C@H](C)C(=O)N[C@@H]2CCC[C@H](C)[C@H]2C)cc1. The van der Waals surface area contributed by atoms with Gasteiger partial charge < -0.3 is 10.1 Å². The van der Waals surface area contributed by atoms with Crippen LogP contribution in [-0.4, -0.2) is 23.8 Å². The molecule has 1 aliphatic carbocycles. The highest BCUT2D eigenvalue weighted by molar-refractivity contribution is 5.94. The fourth-order valence-corrected chi connectivity index (χ4v) is 3.11. The van der Waals surface area contributed by atoms with Crippen LogP contribution in [0, 0.1) is 11.8 Å². The summed E-state index contributed by atoms with van der Waals surface area (Å²) in [5.74, 6) is 1.68. The van der Waals surface area contributed by atoms with E-state index in [1.54, 1.807) is 31.2 Å². The Labute approximate surface area is 138 Å². The zero-order valence-corrected chi connectivity index (χ0v) is 14.5. The normalized spacial score (nSPS) is 25.5. The lowest BCUT2D eigenvalue weighted by Gasteiger charge is -2.35. The standard InChI is InChI=1S/C19H27NO3/c1-12-6-5-7-18(13(12)2)20-19(22)15(4)23-17-10-8-16(9-11-17)14(3)21/h8-13,15,18H,5-7H2,1-4H3,(H,20,22)/t12-,13+,15+,18+/m0/s1. The monoisotopic (exact) mass is 317 g/mol. The molecule has 126 valence electrons. The fourth-order valence-electron chi connectivity index (χ4n) is 3.11. The van der Waals surface area contributed by atoms with Gasteiger partial charge in [0.05, 0.1) is 0 Å². The van der Waals surface area contributed by atoms with Gasteiger partial charge in [0.1, 0.15) is 5.75 Å². The molecule has 0 heterocycles. The minimum absolute atomic E-state index is 0.0164. The third-order valence-corrected chi connectivity index (χ3v) is 4.98. The van der Waals surface area contributed by atoms with Gasteiger partial charge in [0.15, 0.2) is 11.9 Å². The van der Waals surface area contributed by atoms with Crippen LogP contribution in [0.15, 0.2) is 24.3 Å². The van der Waals surface area contributed by atoms with Crippen LogP contribution in [0.3, 0.4) is 0 Å². The van der Waals surface area contributed by atoms with E-state index in [-0.39, 0.29) is 17.7 Å². The predicted octanol–water partition coefficient (Wildman–Crippen LogP) is 3.60. The molecule has 1 fully saturated rings. The first-order valence-corrected chi connectivity index (χ1v) is 8.46. The summed E-state index contributed by atoms with van der Waals surface area (Å²) >= 11 is 0. The van der Waals surface area contributed by atoms with Gasteiger partial charge in [0, 0.05) is 11.6 Å². The molecular formula is C19H27NO3. The number of rotatable bonds is 5. The molecule has 4 atom stereocenters. The number of hydrogen-bond donors (Lipinski definition) is 1. The quantitative estimate of drug-likeness (QED) is 0.844. The van der Waals surface area contributed by atoms with Gasteiger partial charge in [-0.2, -0.15) is 0 Å². The Bertz CT molecular complexity index is 552. The van der Waals surface area contributed by atoms with Crippen LogP contribution in [-0.2, 0) is 4.79 Å². The van der Waals surface area contributed by atoms with E-state index in [1.807, 2.05) is 0 Å². The summed E-state index contributed by atoms with van der Waals surface area (Å²) in [4.78, 5) is 23.6. The van der Waals surface area contributed by atoms with Crippen molar-refractivity contribution < 1.29 is 14.3 Å². The van der Waals surface area contributed by atoms with Gasteiger partial charge in [-0.25, -0.2) is 0 Å². The van der Waals surface area contributed by atoms with Crippen LogP contribution in [0.1, 0.15) is 57.3 Å². The highest BCUT2D eigenvalue weighted by Gasteiger charge is 2.29. The second-order valence-corrected chi connectivity index (χ2v) is 6.72. The van der Waals surface area contributed by atoms with E-state index in [0.29, 0.717) is 23.1 Å². The van der Waals surface area contributed by atoms with Crippen LogP contribution in [0.25, 0.3) is 0 Å². The molecule has 0 unspecified atom stereocenters. The molecule has 0 aromatic heterocycles. The second kappa shape index (κ2) is 7.62. The first-order chi connectivity index (χ1) is 10.9. The largest absolute Gasteiger partial charge is 0.481 e. The molecule has 1 saturated carbocycles. The Balaban J connectivity index is 1.90. The first-order valence-electron chi connectivity index (χ1n) is 8.46. The number of nitrogens with one attached hydrogen (secondary N) is 1. The minimum atomic E-state index is -0.553. The third-order valence-electron chi connectivity index (χ3n) is 4.98. The van der Waals surface area contributed by atoms with E-state index in [4.69, 9.17) is 4.74 Å². The van der Waals surface area contributed by atoms with Crippen LogP contribution >= 0.6 is 0 Å². The molecule has 1 aromatic rings. The predicted molar refractivity (Wildman–Crippen MR) is 90.6 cm³/mol. The minimum Gasteiger partial charge on any atom is -0.481 e. The van der Waals surface area contributed by atoms with Gasteiger partial charge in [0.25, 0.3) is 5.91 Å². The second-order valence-electron chi connectivity index (χ2n) is 6.72. The van der Waals surface area contributed by atoms with Gasteiger partial charge in [-0.15, -0.1) is 0 Å². The number of ether oxygens (including phenoxy) is 1. The first kappa shape index (κ1) is 17.5. The molecule has 0 bridgehead atoms. The molecule has 4 heteroatoms. The zero-order valence-electron chi connectivity index (χ0n) is 14.5. The van der Waals surface area contributed by atoms with Crippen LogP contribution < -0.4 is 10.1 Å². The van der Waals surface area contributed by atoms with Gasteiger partial charge in [-0.1, -0.05) is 26.7 Å². The van der Waals surface area contributed by atoms with E-state index >= 15 is 0 Å². The average molecular weight is 317 g/mol. The lowest BCUT2D eigenvalue weighted by Crippen LogP contribution is -2.48. The molecule has 0 saturated heterocycles. The third kappa shape index (κ3) is 4.57. The van der Waals surface area contributed by atoms with E-state index in [9.17, 15) is 9.59 Å². The maximum Gasteiger partial charge on any atom is 0.261 e. The van der Waals surface area contributed by atoms with Crippen molar-refractivity contribution in [3.8, 4) is 5.75 Å². The number of carbonyl (C=O) groups excluding carboxylic acids is 2. The Hall–Kier alpha value is -1.84. The van der Waals surface area contributed by atoms with Crippen LogP contribution in [0.2, 0.25) is 0 Å². The Morgan fingerprint density at radius 1 is 1.17 bits per heavy atom. The summed E-state index contributed by atoms with van der Waals surface area (Å²) in [7, 11) is 0. The lowest BCUT2D eigenvalue weighted by molar-refractivity contribution is -0.128. The van der Waals surface area contributed by atoms with Crippen molar-refractivity contribution in [3.05, 3.63) is 29.8 Å². The molecule has 0 aliphatic heterocycles. The Kier molecular flexibility index (Phi) is 5.80. The summed E-state index contributed by atoms with van der Waals surface area (Å²) in [6, 6.07) is 7.12. The van der Waals surface area contributed by atoms with E-state index in [0.717, 1.165) is 12.8 Å². The van der Waals surface area contributed by atoms with Crippen molar-refractivity contribution in [1.82, 2.24) is 5.32 Å². The molecule has 0 spiro atoms. The Morgan fingerprint density at radius 2 is 1.83 bits per heavy atom. The summed E-state index contributed by atoms with van der Waals surface area (Å²) in [5, 5.41) is 3.13. The highest BCUT2D eigenvalue weighted by Crippen LogP contribution is 2.29. The molecular weight excluding hydrogens is 290 g/mol. The number of carbonyl (C=O) groups is 2. The number of amides is 1. The highest BCUT2D eigenvalue weighted by atomic mass is 16.5. The Morgan fingerprint density at radius 3 is 2.43 bits per heavy atom. The van der Waals surface area contributed by atoms with E-state index in [1.165, 1.54) is 13.3 Å². The summed E-state index contributed by atoms with van der Waals surface area (Å²) in [5.41, 5.74) is 0.638. The molecule has 4 nitrogen and oxygen atoms in total. The van der Waals surface area contributed by atoms with E-state index in [2.05, 4.69) is 19.2 Å². The summed E-state index contributed by atoms with van der Waals surface area (Å²) in [6.45, 7) is 7.74. The average Bonchev–Trinajstić information content (AvgIpc) is 2.52. The van der Waals surface area contributed by atoms with Gasteiger partial charge >= 0.3 is 0 Å². The van der Waals surface area contributed by atoms with E-state index < -0.39 is 6.10 Å². The number of ketones is 1. The molecule has 2 rings (SSSR count). The molecule has 1 amide bonds. The van der Waals surface area contributed by atoms with Crippen molar-refractivity contribution in [1.29, 1.82) is 0 Å². The fraction of sp³-hybridized carbons (Fsp3) is 0.579. The van der Waals surface area contributed by atoms with Crippen molar-refractivity contribution in [2.75, 3.05) is 0 Å². The zero-order chi connectivity index (χ0) is 17.0. The van der Waals surface area contributed by atoms with Crippen molar-refractivity contribution >= 4 is 11.7 Å². The topological polar surface area (TPSA) is 55.4 Å². The molecule has 1 N–H and O–H groups in total. The molecule has 0 radical (unpaired) electrons. The number of benzene rings is 1. The maximum atomic E-state index is 12.4. The van der Waals surface area contributed by atoms with Gasteiger partial charge in [-0.05, 0) is 56.4 Å². The summed E-state index contributed by atoms with van der Waals surface area (Å²) < 4.78 is 5.69. The maximum absolute atomic E-state index is 12.4. The number of hydrogen-bond acceptors (Lipinski definition) is 3. The van der Waals surface area contributed by atoms with Crippen molar-refractivity contribution in [3.63, 3.8) is 0 Å². The lowest BCUT2D eigenvalue weighted by atomic mass is 9.78. The smallest absolute Gasteiger partial charge is 0.261 e. The van der Waals surface area contributed by atoms with Gasteiger partial charge in [0.2, 0.25) is 0 Å². The molecule has 1 aliphatic rings. The van der Waals surface area contributed by atoms with Crippen molar-refractivity contribution in [2.24, 2.45) is 11.8 Å². The van der Waals surface area contributed by atoms with Gasteiger partial charge in [-0.3, -0.25) is 9.59 Å². The summed E-state index contributed by atoms with van der Waals surface area (Å²) in [6.07, 6.45) is 2.89. The van der Waals surface area contributed by atoms with Crippen LogP contribution in [0.4, 0.5) is 0 Å². The van der Waals surface area contributed by atoms with Crippen molar-refractivity contribution in [2.45, 2.75) is 59.1 Å². The number of Topliss-reactive ketones (excluding diaryl/α,β-unsaturated/α-hetero) is 1. The molecule has 23 heavy (non-hydrogen) atoms.